The molecule has 1 amide bonds. The number of carbonyl (C=O) groups is 1. The number of para-hydroxylation sites is 1. The van der Waals surface area contributed by atoms with Crippen molar-refractivity contribution in [3.63, 3.8) is 0 Å². The molecule has 1 aliphatic heterocycles. The highest BCUT2D eigenvalue weighted by Crippen LogP contribution is 2.40. The molecular weight excluding hydrogens is 390 g/mol. The van der Waals surface area contributed by atoms with E-state index in [9.17, 15) is 10.1 Å². The van der Waals surface area contributed by atoms with Crippen molar-refractivity contribution in [3.8, 4) is 11.1 Å². The average Bonchev–Trinajstić information content (AvgIpc) is 3.34. The van der Waals surface area contributed by atoms with Crippen LogP contribution in [0.4, 0.5) is 5.69 Å². The number of likely N-dealkylation sites (N-methyl/N-ethyl adjacent to an activating group) is 1. The molecule has 1 aromatic carbocycles. The monoisotopic (exact) mass is 413 g/mol. The fourth-order valence-corrected chi connectivity index (χ4v) is 6.21. The minimum absolute atomic E-state index is 0.0188. The number of anilines is 1. The van der Waals surface area contributed by atoms with E-state index in [-0.39, 0.29) is 5.91 Å². The van der Waals surface area contributed by atoms with Crippen molar-refractivity contribution >= 4 is 34.6 Å². The fraction of sp³-hybridized carbons (Fsp3) is 0.280. The quantitative estimate of drug-likeness (QED) is 0.527. The first-order valence-electron chi connectivity index (χ1n) is 10.3. The molecular formula is C25H23N3OS. The summed E-state index contributed by atoms with van der Waals surface area (Å²) in [5.41, 5.74) is 7.89. The maximum absolute atomic E-state index is 12.9. The summed E-state index contributed by atoms with van der Waals surface area (Å²) in [6, 6.07) is 12.5. The molecule has 5 heteroatoms. The minimum atomic E-state index is 0.0188. The lowest BCUT2D eigenvalue weighted by atomic mass is 9.96. The number of carbonyl (C=O) groups excluding carboxylic acids is 1. The number of benzene rings is 1. The second-order valence-electron chi connectivity index (χ2n) is 8.10. The van der Waals surface area contributed by atoms with Crippen molar-refractivity contribution < 1.29 is 4.79 Å². The molecule has 1 aliphatic carbocycles. The van der Waals surface area contributed by atoms with Crippen LogP contribution in [-0.4, -0.2) is 17.5 Å². The summed E-state index contributed by atoms with van der Waals surface area (Å²) in [5.74, 6) is 0.0188. The van der Waals surface area contributed by atoms with E-state index in [1.807, 2.05) is 37.4 Å². The zero-order valence-corrected chi connectivity index (χ0v) is 18.3. The molecule has 3 aromatic rings. The van der Waals surface area contributed by atoms with Crippen LogP contribution in [-0.2, 0) is 17.6 Å². The molecule has 0 bridgehead atoms. The number of nitrogens with zero attached hydrogens (tertiary/aromatic N) is 3. The van der Waals surface area contributed by atoms with Gasteiger partial charge in [-0.2, -0.15) is 5.26 Å². The van der Waals surface area contributed by atoms with Gasteiger partial charge in [0.25, 0.3) is 5.91 Å². The van der Waals surface area contributed by atoms with Crippen LogP contribution in [0.15, 0.2) is 30.3 Å². The summed E-state index contributed by atoms with van der Waals surface area (Å²) >= 11 is 1.76. The summed E-state index contributed by atoms with van der Waals surface area (Å²) in [6.45, 7) is 4.15. The van der Waals surface area contributed by atoms with Crippen molar-refractivity contribution in [2.45, 2.75) is 39.5 Å². The fourth-order valence-electron chi connectivity index (χ4n) is 4.76. The number of hydrogen-bond donors (Lipinski definition) is 0. The highest BCUT2D eigenvalue weighted by atomic mass is 32.1. The van der Waals surface area contributed by atoms with E-state index in [2.05, 4.69) is 30.6 Å². The topological polar surface area (TPSA) is 49.0 Å². The number of aryl methyl sites for hydroxylation is 2. The maximum Gasteiger partial charge on any atom is 0.258 e. The molecule has 30 heavy (non-hydrogen) atoms. The predicted molar refractivity (Wildman–Crippen MR) is 122 cm³/mol. The first-order chi connectivity index (χ1) is 14.5. The van der Waals surface area contributed by atoms with Gasteiger partial charge in [0.15, 0.2) is 0 Å². The molecule has 5 rings (SSSR count). The smallest absolute Gasteiger partial charge is 0.258 e. The summed E-state index contributed by atoms with van der Waals surface area (Å²) in [6.07, 6.45) is 6.44. The second-order valence-corrected chi connectivity index (χ2v) is 9.19. The normalized spacial score (nSPS) is 16.7. The van der Waals surface area contributed by atoms with Gasteiger partial charge in [0.05, 0.1) is 11.3 Å². The Bertz CT molecular complexity index is 1270. The molecule has 0 atom stereocenters. The number of amides is 1. The van der Waals surface area contributed by atoms with Crippen LogP contribution in [0.1, 0.15) is 51.4 Å². The van der Waals surface area contributed by atoms with Gasteiger partial charge in [0, 0.05) is 34.4 Å². The maximum atomic E-state index is 12.9. The number of rotatable bonds is 2. The molecule has 0 saturated carbocycles. The Kier molecular flexibility index (Phi) is 4.41. The van der Waals surface area contributed by atoms with Crippen LogP contribution in [0.25, 0.3) is 16.7 Å². The lowest BCUT2D eigenvalue weighted by Crippen LogP contribution is -2.20. The number of fused-ring (bicyclic) bond motifs is 2. The summed E-state index contributed by atoms with van der Waals surface area (Å²) in [7, 11) is 1.82. The van der Waals surface area contributed by atoms with Gasteiger partial charge < -0.3 is 9.47 Å². The average molecular weight is 414 g/mol. The molecule has 3 heterocycles. The Balaban J connectivity index is 1.65. The molecule has 4 nitrogen and oxygen atoms in total. The van der Waals surface area contributed by atoms with Gasteiger partial charge in [-0.05, 0) is 68.9 Å². The third-order valence-electron chi connectivity index (χ3n) is 6.33. The van der Waals surface area contributed by atoms with Crippen LogP contribution in [0, 0.1) is 25.2 Å². The molecule has 150 valence electrons. The van der Waals surface area contributed by atoms with E-state index in [4.69, 9.17) is 0 Å². The molecule has 0 unspecified atom stereocenters. The van der Waals surface area contributed by atoms with E-state index in [1.54, 1.807) is 16.2 Å². The van der Waals surface area contributed by atoms with E-state index in [0.29, 0.717) is 0 Å². The largest absolute Gasteiger partial charge is 0.311 e. The van der Waals surface area contributed by atoms with Crippen LogP contribution in [0.2, 0.25) is 0 Å². The highest BCUT2D eigenvalue weighted by molar-refractivity contribution is 7.15. The molecule has 0 radical (unpaired) electrons. The Labute approximate surface area is 180 Å². The van der Waals surface area contributed by atoms with Gasteiger partial charge in [-0.15, -0.1) is 11.3 Å². The molecule has 0 saturated heterocycles. The van der Waals surface area contributed by atoms with E-state index < -0.39 is 0 Å². The summed E-state index contributed by atoms with van der Waals surface area (Å²) in [5, 5.41) is 10.9. The number of aromatic nitrogens is 1. The van der Waals surface area contributed by atoms with Gasteiger partial charge in [-0.1, -0.05) is 18.2 Å². The van der Waals surface area contributed by atoms with Crippen molar-refractivity contribution in [1.82, 2.24) is 4.57 Å². The Morgan fingerprint density at radius 3 is 2.73 bits per heavy atom. The third-order valence-corrected chi connectivity index (χ3v) is 7.61. The molecule has 0 fully saturated rings. The second kappa shape index (κ2) is 7.00. The predicted octanol–water partition coefficient (Wildman–Crippen LogP) is 5.42. The summed E-state index contributed by atoms with van der Waals surface area (Å²) < 4.78 is 2.20. The first-order valence-corrected chi connectivity index (χ1v) is 11.2. The van der Waals surface area contributed by atoms with Gasteiger partial charge >= 0.3 is 0 Å². The van der Waals surface area contributed by atoms with Gasteiger partial charge in [-0.25, -0.2) is 0 Å². The van der Waals surface area contributed by atoms with Crippen LogP contribution in [0.3, 0.4) is 0 Å². The Hall–Kier alpha value is -3.10. The van der Waals surface area contributed by atoms with Crippen molar-refractivity contribution in [2.75, 3.05) is 11.9 Å². The lowest BCUT2D eigenvalue weighted by molar-refractivity contribution is -0.112. The number of hydrogen-bond acceptors (Lipinski definition) is 3. The Morgan fingerprint density at radius 1 is 1.17 bits per heavy atom. The van der Waals surface area contributed by atoms with E-state index >= 15 is 0 Å². The van der Waals surface area contributed by atoms with E-state index in [0.717, 1.165) is 63.6 Å². The van der Waals surface area contributed by atoms with Gasteiger partial charge in [0.2, 0.25) is 0 Å². The molecule has 2 aromatic heterocycles. The zero-order valence-electron chi connectivity index (χ0n) is 17.5. The zero-order chi connectivity index (χ0) is 21.0. The standard InChI is InChI=1S/C25H23N3OS/c1-15-12-17(13-20-18-8-4-6-10-22(18)27(3)24(20)29)16(2)28(15)25-21(14-26)19-9-5-7-11-23(19)30-25/h4,6,8,10,12-13H,5,7,9,11H2,1-3H3/b20-13+. The lowest BCUT2D eigenvalue weighted by Gasteiger charge is -2.10. The van der Waals surface area contributed by atoms with E-state index in [1.165, 1.54) is 16.9 Å². The SMILES string of the molecule is Cc1cc(/C=C2/C(=O)N(C)c3ccccc32)c(C)n1-c1sc2c(c1C#N)CCCC2. The van der Waals surface area contributed by atoms with Crippen LogP contribution in [0.5, 0.6) is 0 Å². The highest BCUT2D eigenvalue weighted by Gasteiger charge is 2.30. The summed E-state index contributed by atoms with van der Waals surface area (Å²) in [4.78, 5) is 16.0. The molecule has 0 spiro atoms. The van der Waals surface area contributed by atoms with Crippen LogP contribution < -0.4 is 4.90 Å². The first kappa shape index (κ1) is 18.9. The van der Waals surface area contributed by atoms with Gasteiger partial charge in [-0.3, -0.25) is 4.79 Å². The number of thiophene rings is 1. The van der Waals surface area contributed by atoms with Crippen LogP contribution >= 0.6 is 11.3 Å². The van der Waals surface area contributed by atoms with Gasteiger partial charge in [0.1, 0.15) is 11.1 Å². The van der Waals surface area contributed by atoms with Crippen molar-refractivity contribution in [1.29, 1.82) is 5.26 Å². The molecule has 2 aliphatic rings. The minimum Gasteiger partial charge on any atom is -0.311 e. The molecule has 0 N–H and O–H groups in total. The van der Waals surface area contributed by atoms with Crippen molar-refractivity contribution in [2.24, 2.45) is 0 Å². The van der Waals surface area contributed by atoms with Crippen molar-refractivity contribution in [3.05, 3.63) is 68.9 Å². The third kappa shape index (κ3) is 2.68. The Morgan fingerprint density at radius 2 is 1.93 bits per heavy atom. The number of nitriles is 1.